The second-order valence-corrected chi connectivity index (χ2v) is 5.39. The fraction of sp³-hybridized carbons (Fsp3) is 0.438. The summed E-state index contributed by atoms with van der Waals surface area (Å²) in [6.45, 7) is 2.00. The molecule has 0 aliphatic heterocycles. The van der Waals surface area contributed by atoms with Gasteiger partial charge in [0.25, 0.3) is 0 Å². The van der Waals surface area contributed by atoms with Crippen molar-refractivity contribution in [2.75, 3.05) is 0 Å². The molecule has 1 aliphatic rings. The summed E-state index contributed by atoms with van der Waals surface area (Å²) in [5, 5.41) is 8.93. The molecule has 114 valence electrons. The van der Waals surface area contributed by atoms with E-state index in [1.54, 1.807) is 0 Å². The predicted molar refractivity (Wildman–Crippen MR) is 73.8 cm³/mol. The Morgan fingerprint density at radius 2 is 2.14 bits per heavy atom. The maximum absolute atomic E-state index is 12.8. The van der Waals surface area contributed by atoms with Crippen molar-refractivity contribution < 1.29 is 23.1 Å². The third kappa shape index (κ3) is 3.65. The molecule has 5 heteroatoms. The molecule has 0 saturated carbocycles. The first kappa shape index (κ1) is 15.6. The van der Waals surface area contributed by atoms with Crippen molar-refractivity contribution in [3.63, 3.8) is 0 Å². The van der Waals surface area contributed by atoms with Crippen LogP contribution >= 0.6 is 0 Å². The fourth-order valence-electron chi connectivity index (χ4n) is 2.81. The SMILES string of the molecule is CCC1CC/C(=C\C(=O)O)c2ccc(C(F)(F)F)cc2C1. The third-order valence-corrected chi connectivity index (χ3v) is 3.98. The summed E-state index contributed by atoms with van der Waals surface area (Å²) >= 11 is 0. The topological polar surface area (TPSA) is 37.3 Å². The van der Waals surface area contributed by atoms with Crippen molar-refractivity contribution in [1.82, 2.24) is 0 Å². The van der Waals surface area contributed by atoms with Crippen molar-refractivity contribution in [3.05, 3.63) is 41.0 Å². The van der Waals surface area contributed by atoms with Gasteiger partial charge < -0.3 is 5.11 Å². The largest absolute Gasteiger partial charge is 0.478 e. The zero-order valence-electron chi connectivity index (χ0n) is 11.7. The molecule has 0 heterocycles. The maximum Gasteiger partial charge on any atom is 0.416 e. The van der Waals surface area contributed by atoms with E-state index in [2.05, 4.69) is 0 Å². The van der Waals surface area contributed by atoms with Crippen LogP contribution in [-0.2, 0) is 17.4 Å². The van der Waals surface area contributed by atoms with Crippen LogP contribution in [-0.4, -0.2) is 11.1 Å². The van der Waals surface area contributed by atoms with Gasteiger partial charge in [0.15, 0.2) is 0 Å². The minimum atomic E-state index is -4.38. The summed E-state index contributed by atoms with van der Waals surface area (Å²) in [5.41, 5.74) is 1.18. The van der Waals surface area contributed by atoms with Crippen LogP contribution in [0, 0.1) is 5.92 Å². The van der Waals surface area contributed by atoms with Crippen molar-refractivity contribution in [2.45, 2.75) is 38.8 Å². The highest BCUT2D eigenvalue weighted by molar-refractivity contribution is 5.90. The number of aliphatic carboxylic acids is 1. The van der Waals surface area contributed by atoms with Gasteiger partial charge >= 0.3 is 12.1 Å². The molecule has 1 N–H and O–H groups in total. The number of hydrogen-bond donors (Lipinski definition) is 1. The summed E-state index contributed by atoms with van der Waals surface area (Å²) < 4.78 is 38.5. The molecule has 1 aromatic rings. The smallest absolute Gasteiger partial charge is 0.416 e. The Morgan fingerprint density at radius 1 is 1.43 bits per heavy atom. The molecule has 0 aromatic heterocycles. The molecule has 21 heavy (non-hydrogen) atoms. The third-order valence-electron chi connectivity index (χ3n) is 3.98. The van der Waals surface area contributed by atoms with Gasteiger partial charge in [-0.15, -0.1) is 0 Å². The number of benzene rings is 1. The number of carboxylic acid groups (broad SMARTS) is 1. The number of carbonyl (C=O) groups is 1. The van der Waals surface area contributed by atoms with Gasteiger partial charge in [-0.05, 0) is 54.0 Å². The average molecular weight is 298 g/mol. The molecule has 2 rings (SSSR count). The molecule has 0 spiro atoms. The standard InChI is InChI=1S/C16H17F3O2/c1-2-10-3-4-11(9-15(20)21)14-6-5-13(16(17,18)19)8-12(14)7-10/h5-6,8-10H,2-4,7H2,1H3,(H,20,21)/b11-9+. The molecule has 1 unspecified atom stereocenters. The number of rotatable bonds is 2. The molecular formula is C16H17F3O2. The second-order valence-electron chi connectivity index (χ2n) is 5.39. The maximum atomic E-state index is 12.8. The summed E-state index contributed by atoms with van der Waals surface area (Å²) in [6.07, 6.45) is -0.443. The van der Waals surface area contributed by atoms with E-state index in [1.807, 2.05) is 6.92 Å². The van der Waals surface area contributed by atoms with E-state index in [0.29, 0.717) is 29.5 Å². The first-order valence-corrected chi connectivity index (χ1v) is 6.95. The highest BCUT2D eigenvalue weighted by atomic mass is 19.4. The molecule has 0 fully saturated rings. The van der Waals surface area contributed by atoms with Gasteiger partial charge in [-0.1, -0.05) is 19.4 Å². The van der Waals surface area contributed by atoms with E-state index in [0.717, 1.165) is 25.0 Å². The van der Waals surface area contributed by atoms with Crippen LogP contribution in [0.3, 0.4) is 0 Å². The number of carboxylic acids is 1. The fourth-order valence-corrected chi connectivity index (χ4v) is 2.81. The Morgan fingerprint density at radius 3 is 2.71 bits per heavy atom. The molecule has 0 amide bonds. The highest BCUT2D eigenvalue weighted by Crippen LogP contribution is 2.37. The summed E-state index contributed by atoms with van der Waals surface area (Å²) in [7, 11) is 0. The molecular weight excluding hydrogens is 281 g/mol. The molecule has 1 aromatic carbocycles. The predicted octanol–water partition coefficient (Wildman–Crippen LogP) is 4.54. The Kier molecular flexibility index (Phi) is 4.40. The molecule has 0 saturated heterocycles. The van der Waals surface area contributed by atoms with Crippen LogP contribution in [0.5, 0.6) is 0 Å². The number of allylic oxidation sites excluding steroid dienone is 1. The Labute approximate surface area is 121 Å². The number of halogens is 3. The van der Waals surface area contributed by atoms with E-state index < -0.39 is 17.7 Å². The van der Waals surface area contributed by atoms with Gasteiger partial charge in [0, 0.05) is 6.08 Å². The lowest BCUT2D eigenvalue weighted by Gasteiger charge is -2.14. The van der Waals surface area contributed by atoms with Gasteiger partial charge in [0.1, 0.15) is 0 Å². The first-order valence-electron chi connectivity index (χ1n) is 6.95. The Balaban J connectivity index is 2.52. The number of alkyl halides is 3. The number of hydrogen-bond acceptors (Lipinski definition) is 1. The van der Waals surface area contributed by atoms with E-state index in [9.17, 15) is 18.0 Å². The minimum absolute atomic E-state index is 0.284. The molecule has 0 bridgehead atoms. The van der Waals surface area contributed by atoms with Gasteiger partial charge in [-0.2, -0.15) is 13.2 Å². The lowest BCUT2D eigenvalue weighted by molar-refractivity contribution is -0.137. The zero-order valence-corrected chi connectivity index (χ0v) is 11.7. The van der Waals surface area contributed by atoms with Gasteiger partial charge in [-0.25, -0.2) is 4.79 Å². The lowest BCUT2D eigenvalue weighted by atomic mass is 9.93. The normalized spacial score (nSPS) is 21.0. The van der Waals surface area contributed by atoms with Crippen LogP contribution < -0.4 is 0 Å². The van der Waals surface area contributed by atoms with Crippen molar-refractivity contribution in [2.24, 2.45) is 5.92 Å². The van der Waals surface area contributed by atoms with E-state index >= 15 is 0 Å². The Hall–Kier alpha value is -1.78. The Bertz CT molecular complexity index is 573. The quantitative estimate of drug-likeness (QED) is 0.643. The van der Waals surface area contributed by atoms with Crippen LogP contribution in [0.15, 0.2) is 24.3 Å². The van der Waals surface area contributed by atoms with Crippen LogP contribution in [0.4, 0.5) is 13.2 Å². The van der Waals surface area contributed by atoms with Crippen LogP contribution in [0.1, 0.15) is 42.9 Å². The van der Waals surface area contributed by atoms with Gasteiger partial charge in [0.05, 0.1) is 5.56 Å². The minimum Gasteiger partial charge on any atom is -0.478 e. The average Bonchev–Trinajstić information content (AvgIpc) is 2.56. The zero-order chi connectivity index (χ0) is 15.6. The molecule has 0 radical (unpaired) electrons. The first-order chi connectivity index (χ1) is 9.81. The van der Waals surface area contributed by atoms with Crippen molar-refractivity contribution in [3.8, 4) is 0 Å². The van der Waals surface area contributed by atoms with E-state index in [1.165, 1.54) is 12.1 Å². The summed E-state index contributed by atoms with van der Waals surface area (Å²) in [5.74, 6) is -0.780. The van der Waals surface area contributed by atoms with E-state index in [-0.39, 0.29) is 5.92 Å². The van der Waals surface area contributed by atoms with E-state index in [4.69, 9.17) is 5.11 Å². The second kappa shape index (κ2) is 5.92. The lowest BCUT2D eigenvalue weighted by Crippen LogP contribution is -2.08. The summed E-state index contributed by atoms with van der Waals surface area (Å²) in [4.78, 5) is 10.9. The van der Waals surface area contributed by atoms with Crippen LogP contribution in [0.2, 0.25) is 0 Å². The highest BCUT2D eigenvalue weighted by Gasteiger charge is 2.32. The molecule has 1 atom stereocenters. The molecule has 1 aliphatic carbocycles. The van der Waals surface area contributed by atoms with Crippen molar-refractivity contribution >= 4 is 11.5 Å². The summed E-state index contributed by atoms with van der Waals surface area (Å²) in [6, 6.07) is 3.60. The van der Waals surface area contributed by atoms with Crippen LogP contribution in [0.25, 0.3) is 5.57 Å². The van der Waals surface area contributed by atoms with Crippen molar-refractivity contribution in [1.29, 1.82) is 0 Å². The molecule has 2 nitrogen and oxygen atoms in total. The van der Waals surface area contributed by atoms with Gasteiger partial charge in [0.2, 0.25) is 0 Å². The number of fused-ring (bicyclic) bond motifs is 1. The van der Waals surface area contributed by atoms with Gasteiger partial charge in [-0.3, -0.25) is 0 Å². The monoisotopic (exact) mass is 298 g/mol.